The van der Waals surface area contributed by atoms with Crippen LogP contribution in [0.5, 0.6) is 0 Å². The Morgan fingerprint density at radius 2 is 1.91 bits per heavy atom. The van der Waals surface area contributed by atoms with Gasteiger partial charge in [-0.1, -0.05) is 29.8 Å². The van der Waals surface area contributed by atoms with Gasteiger partial charge in [0.15, 0.2) is 0 Å². The number of aliphatic hydroxyl groups excluding tert-OH is 1. The van der Waals surface area contributed by atoms with Crippen LogP contribution in [0.15, 0.2) is 24.3 Å². The number of nitrogens with one attached hydrogen (secondary N) is 1. The van der Waals surface area contributed by atoms with Gasteiger partial charge in [-0.05, 0) is 18.1 Å². The van der Waals surface area contributed by atoms with Crippen LogP contribution < -0.4 is 5.32 Å². The fourth-order valence-electron chi connectivity index (χ4n) is 2.29. The topological polar surface area (TPSA) is 110 Å². The molecule has 128 valence electrons. The van der Waals surface area contributed by atoms with Crippen LogP contribution in [0.4, 0.5) is 0 Å². The molecule has 0 aromatic heterocycles. The van der Waals surface area contributed by atoms with E-state index >= 15 is 0 Å². The van der Waals surface area contributed by atoms with E-state index < -0.39 is 11.9 Å². The molecule has 1 aromatic rings. The maximum Gasteiger partial charge on any atom is 0.414 e. The summed E-state index contributed by atoms with van der Waals surface area (Å²) in [5.41, 5.74) is 1.17. The van der Waals surface area contributed by atoms with E-state index in [0.29, 0.717) is 6.04 Å². The monoisotopic (exact) mass is 344 g/mol. The number of carboxylic acids is 2. The SMILES string of the molecule is O=C(O)C(=O)O.OCCC1CNCCN1Cc1ccccc1Cl. The first-order valence-corrected chi connectivity index (χ1v) is 7.58. The van der Waals surface area contributed by atoms with E-state index in [9.17, 15) is 0 Å². The summed E-state index contributed by atoms with van der Waals surface area (Å²) in [6.45, 7) is 4.07. The van der Waals surface area contributed by atoms with Crippen LogP contribution in [-0.4, -0.2) is 64.4 Å². The van der Waals surface area contributed by atoms with Crippen LogP contribution in [0.2, 0.25) is 5.02 Å². The summed E-state index contributed by atoms with van der Waals surface area (Å²) in [5.74, 6) is -3.65. The molecular formula is C15H21ClN2O5. The lowest BCUT2D eigenvalue weighted by Gasteiger charge is -2.36. The standard InChI is InChI=1S/C13H19ClN2O.C2H2O4/c14-13-4-2-1-3-11(13)10-16-7-6-15-9-12(16)5-8-17;3-1(4)2(5)6/h1-4,12,15,17H,5-10H2;(H,3,4)(H,5,6). The molecule has 1 aromatic carbocycles. The second-order valence-corrected chi connectivity index (χ2v) is 5.45. The number of aliphatic carboxylic acids is 2. The Morgan fingerprint density at radius 3 is 2.48 bits per heavy atom. The number of piperazine rings is 1. The molecule has 2 rings (SSSR count). The van der Waals surface area contributed by atoms with Crippen LogP contribution in [0.1, 0.15) is 12.0 Å². The summed E-state index contributed by atoms with van der Waals surface area (Å²) in [7, 11) is 0. The molecular weight excluding hydrogens is 324 g/mol. The van der Waals surface area contributed by atoms with Gasteiger partial charge in [-0.3, -0.25) is 4.90 Å². The second-order valence-electron chi connectivity index (χ2n) is 5.04. The summed E-state index contributed by atoms with van der Waals surface area (Å²) in [6, 6.07) is 8.38. The average Bonchev–Trinajstić information content (AvgIpc) is 2.52. The summed E-state index contributed by atoms with van der Waals surface area (Å²) in [4.78, 5) is 20.6. The van der Waals surface area contributed by atoms with Crippen LogP contribution >= 0.6 is 11.6 Å². The normalized spacial score (nSPS) is 17.9. The van der Waals surface area contributed by atoms with E-state index in [-0.39, 0.29) is 6.61 Å². The van der Waals surface area contributed by atoms with Gasteiger partial charge in [-0.25, -0.2) is 9.59 Å². The highest BCUT2D eigenvalue weighted by atomic mass is 35.5. The van der Waals surface area contributed by atoms with Crippen molar-refractivity contribution in [1.82, 2.24) is 10.2 Å². The number of hydrogen-bond acceptors (Lipinski definition) is 5. The van der Waals surface area contributed by atoms with Crippen molar-refractivity contribution in [1.29, 1.82) is 0 Å². The lowest BCUT2D eigenvalue weighted by Crippen LogP contribution is -2.51. The predicted molar refractivity (Wildman–Crippen MR) is 85.5 cm³/mol. The van der Waals surface area contributed by atoms with Crippen molar-refractivity contribution in [3.63, 3.8) is 0 Å². The lowest BCUT2D eigenvalue weighted by molar-refractivity contribution is -0.159. The third-order valence-corrected chi connectivity index (χ3v) is 3.82. The van der Waals surface area contributed by atoms with Gasteiger partial charge in [-0.2, -0.15) is 0 Å². The molecule has 0 radical (unpaired) electrons. The number of halogens is 1. The molecule has 23 heavy (non-hydrogen) atoms. The van der Waals surface area contributed by atoms with E-state index in [1.165, 1.54) is 5.56 Å². The van der Waals surface area contributed by atoms with Gasteiger partial charge in [0.05, 0.1) is 0 Å². The molecule has 1 heterocycles. The first-order chi connectivity index (χ1) is 11.0. The maximum atomic E-state index is 9.10. The molecule has 1 aliphatic rings. The van der Waals surface area contributed by atoms with Crippen molar-refractivity contribution in [2.45, 2.75) is 19.0 Å². The Labute approximate surface area is 139 Å². The number of carbonyl (C=O) groups is 2. The summed E-state index contributed by atoms with van der Waals surface area (Å²) in [5, 5.41) is 28.1. The Kier molecular flexibility index (Phi) is 8.57. The molecule has 0 spiro atoms. The quantitative estimate of drug-likeness (QED) is 0.594. The lowest BCUT2D eigenvalue weighted by atomic mass is 10.1. The van der Waals surface area contributed by atoms with Crippen LogP contribution in [0.3, 0.4) is 0 Å². The van der Waals surface area contributed by atoms with Crippen molar-refractivity contribution >= 4 is 23.5 Å². The first kappa shape index (κ1) is 19.4. The number of benzene rings is 1. The van der Waals surface area contributed by atoms with Crippen molar-refractivity contribution in [3.05, 3.63) is 34.9 Å². The molecule has 7 nitrogen and oxygen atoms in total. The van der Waals surface area contributed by atoms with Gasteiger partial charge in [-0.15, -0.1) is 0 Å². The highest BCUT2D eigenvalue weighted by Gasteiger charge is 2.21. The third-order valence-electron chi connectivity index (χ3n) is 3.45. The van der Waals surface area contributed by atoms with E-state index in [0.717, 1.165) is 37.6 Å². The Morgan fingerprint density at radius 1 is 1.26 bits per heavy atom. The number of hydrogen-bond donors (Lipinski definition) is 4. The van der Waals surface area contributed by atoms with Crippen molar-refractivity contribution < 1.29 is 24.9 Å². The minimum atomic E-state index is -1.82. The zero-order valence-electron chi connectivity index (χ0n) is 12.6. The number of rotatable bonds is 4. The summed E-state index contributed by atoms with van der Waals surface area (Å²) >= 11 is 6.18. The fraction of sp³-hybridized carbons (Fsp3) is 0.467. The van der Waals surface area contributed by atoms with Crippen molar-refractivity contribution in [3.8, 4) is 0 Å². The predicted octanol–water partition coefficient (Wildman–Crippen LogP) is 0.652. The number of aliphatic hydroxyl groups is 1. The minimum Gasteiger partial charge on any atom is -0.473 e. The van der Waals surface area contributed by atoms with E-state index in [1.807, 2.05) is 18.2 Å². The van der Waals surface area contributed by atoms with Gasteiger partial charge < -0.3 is 20.6 Å². The van der Waals surface area contributed by atoms with Gasteiger partial charge in [0.1, 0.15) is 0 Å². The third kappa shape index (κ3) is 6.96. The van der Waals surface area contributed by atoms with Crippen LogP contribution in [0.25, 0.3) is 0 Å². The van der Waals surface area contributed by atoms with E-state index in [1.54, 1.807) is 0 Å². The maximum absolute atomic E-state index is 9.10. The molecule has 1 atom stereocenters. The van der Waals surface area contributed by atoms with Crippen LogP contribution in [0, 0.1) is 0 Å². The van der Waals surface area contributed by atoms with Gasteiger partial charge in [0.2, 0.25) is 0 Å². The van der Waals surface area contributed by atoms with E-state index in [2.05, 4.69) is 16.3 Å². The van der Waals surface area contributed by atoms with E-state index in [4.69, 9.17) is 36.5 Å². The van der Waals surface area contributed by atoms with Crippen LogP contribution in [-0.2, 0) is 16.1 Å². The second kappa shape index (κ2) is 10.2. The molecule has 0 bridgehead atoms. The highest BCUT2D eigenvalue weighted by molar-refractivity contribution is 6.31. The molecule has 0 aliphatic carbocycles. The Hall–Kier alpha value is -1.67. The van der Waals surface area contributed by atoms with Gasteiger partial charge >= 0.3 is 11.9 Å². The van der Waals surface area contributed by atoms with Gasteiger partial charge in [0.25, 0.3) is 0 Å². The molecule has 1 aliphatic heterocycles. The average molecular weight is 345 g/mol. The fourth-order valence-corrected chi connectivity index (χ4v) is 2.49. The highest BCUT2D eigenvalue weighted by Crippen LogP contribution is 2.19. The molecule has 8 heteroatoms. The number of nitrogens with zero attached hydrogens (tertiary/aromatic N) is 1. The number of carboxylic acid groups (broad SMARTS) is 2. The zero-order valence-corrected chi connectivity index (χ0v) is 13.4. The molecule has 0 amide bonds. The molecule has 1 saturated heterocycles. The molecule has 1 unspecified atom stereocenters. The summed E-state index contributed by atoms with van der Waals surface area (Å²) in [6.07, 6.45) is 0.817. The van der Waals surface area contributed by atoms with Crippen molar-refractivity contribution in [2.75, 3.05) is 26.2 Å². The largest absolute Gasteiger partial charge is 0.473 e. The summed E-state index contributed by atoms with van der Waals surface area (Å²) < 4.78 is 0. The Bertz CT molecular complexity index is 512. The zero-order chi connectivity index (χ0) is 17.2. The van der Waals surface area contributed by atoms with Gasteiger partial charge in [0, 0.05) is 43.9 Å². The Balaban J connectivity index is 0.000000379. The molecule has 0 saturated carbocycles. The van der Waals surface area contributed by atoms with Crippen molar-refractivity contribution in [2.24, 2.45) is 0 Å². The molecule has 1 fully saturated rings. The minimum absolute atomic E-state index is 0.241. The molecule has 4 N–H and O–H groups in total. The first-order valence-electron chi connectivity index (χ1n) is 7.21. The smallest absolute Gasteiger partial charge is 0.414 e.